The molecule has 156 valence electrons. The number of pyridine rings is 1. The highest BCUT2D eigenvalue weighted by Crippen LogP contribution is 2.47. The Balaban J connectivity index is 1.70. The highest BCUT2D eigenvalue weighted by atomic mass is 32.2. The summed E-state index contributed by atoms with van der Waals surface area (Å²) in [5, 5.41) is 13.1. The molecule has 2 aromatic rings. The summed E-state index contributed by atoms with van der Waals surface area (Å²) in [6.07, 6.45) is 8.64. The zero-order chi connectivity index (χ0) is 20.6. The normalized spacial score (nSPS) is 17.6. The van der Waals surface area contributed by atoms with Crippen molar-refractivity contribution in [1.82, 2.24) is 14.8 Å². The Kier molecular flexibility index (Phi) is 5.44. The molecule has 2 aliphatic rings. The quantitative estimate of drug-likeness (QED) is 0.749. The van der Waals surface area contributed by atoms with Gasteiger partial charge in [0.15, 0.2) is 14.9 Å². The number of carbonyl (C=O) groups is 1. The Morgan fingerprint density at radius 2 is 2.17 bits per heavy atom. The zero-order valence-electron chi connectivity index (χ0n) is 17.0. The van der Waals surface area contributed by atoms with Crippen LogP contribution in [0.5, 0.6) is 0 Å². The molecule has 0 saturated heterocycles. The fraction of sp³-hybridized carbons (Fsp3) is 0.550. The van der Waals surface area contributed by atoms with E-state index in [2.05, 4.69) is 21.7 Å². The molecule has 29 heavy (non-hydrogen) atoms. The number of nitrogens with zero attached hydrogens (tertiary/aromatic N) is 4. The molecule has 8 nitrogen and oxygen atoms in total. The summed E-state index contributed by atoms with van der Waals surface area (Å²) in [7, 11) is -3.41. The average Bonchev–Trinajstić information content (AvgIpc) is 3.18. The van der Waals surface area contributed by atoms with Crippen LogP contribution in [0.15, 0.2) is 21.7 Å². The van der Waals surface area contributed by atoms with Crippen molar-refractivity contribution in [3.05, 3.63) is 34.8 Å². The van der Waals surface area contributed by atoms with Crippen LogP contribution in [0.1, 0.15) is 68.0 Å². The van der Waals surface area contributed by atoms with E-state index in [9.17, 15) is 9.00 Å². The highest BCUT2D eigenvalue weighted by Gasteiger charge is 2.33. The fourth-order valence-corrected chi connectivity index (χ4v) is 4.87. The molecular formula is C20H28N6O2S. The van der Waals surface area contributed by atoms with Gasteiger partial charge >= 0.3 is 6.03 Å². The molecule has 0 bridgehead atoms. The van der Waals surface area contributed by atoms with Gasteiger partial charge in [-0.2, -0.15) is 5.10 Å². The van der Waals surface area contributed by atoms with E-state index in [1.165, 1.54) is 0 Å². The number of nitrogens with one attached hydrogen (secondary N) is 1. The SMILES string of the molecule is CCCc1nc2c(c(NC(=O)N=S(N)(=O)c3ccn(CC)n3)c1C1CC1)CCC2. The van der Waals surface area contributed by atoms with Gasteiger partial charge in [0.2, 0.25) is 0 Å². The number of aryl methyl sites for hydroxylation is 3. The Bertz CT molecular complexity index is 1060. The smallest absolute Gasteiger partial charge is 0.305 e. The van der Waals surface area contributed by atoms with Crippen LogP contribution in [0, 0.1) is 0 Å². The Morgan fingerprint density at radius 1 is 1.38 bits per heavy atom. The lowest BCUT2D eigenvalue weighted by molar-refractivity contribution is 0.260. The Labute approximate surface area is 171 Å². The zero-order valence-corrected chi connectivity index (χ0v) is 17.8. The molecule has 2 amide bonds. The number of hydrogen-bond acceptors (Lipinski definition) is 4. The third-order valence-electron chi connectivity index (χ3n) is 5.50. The lowest BCUT2D eigenvalue weighted by atomic mass is 9.98. The maximum Gasteiger partial charge on any atom is 0.354 e. The van der Waals surface area contributed by atoms with Crippen molar-refractivity contribution in [2.45, 2.75) is 76.3 Å². The van der Waals surface area contributed by atoms with Crippen molar-refractivity contribution in [2.24, 2.45) is 9.50 Å². The van der Waals surface area contributed by atoms with Gasteiger partial charge < -0.3 is 5.32 Å². The van der Waals surface area contributed by atoms with Gasteiger partial charge in [0.05, 0.1) is 5.69 Å². The number of amides is 2. The molecule has 0 aromatic carbocycles. The number of fused-ring (bicyclic) bond motifs is 1. The predicted octanol–water partition coefficient (Wildman–Crippen LogP) is 3.55. The van der Waals surface area contributed by atoms with Crippen LogP contribution in [0.2, 0.25) is 0 Å². The monoisotopic (exact) mass is 416 g/mol. The van der Waals surface area contributed by atoms with Crippen LogP contribution >= 0.6 is 0 Å². The summed E-state index contributed by atoms with van der Waals surface area (Å²) in [6.45, 7) is 4.67. The van der Waals surface area contributed by atoms with Crippen molar-refractivity contribution in [3.63, 3.8) is 0 Å². The molecule has 1 atom stereocenters. The van der Waals surface area contributed by atoms with E-state index in [-0.39, 0.29) is 5.03 Å². The van der Waals surface area contributed by atoms with Crippen molar-refractivity contribution < 1.29 is 9.00 Å². The number of rotatable bonds is 6. The lowest BCUT2D eigenvalue weighted by Crippen LogP contribution is -2.20. The predicted molar refractivity (Wildman–Crippen MR) is 112 cm³/mol. The van der Waals surface area contributed by atoms with Gasteiger partial charge in [-0.05, 0) is 63.0 Å². The largest absolute Gasteiger partial charge is 0.354 e. The highest BCUT2D eigenvalue weighted by molar-refractivity contribution is 7.91. The molecule has 1 fully saturated rings. The summed E-state index contributed by atoms with van der Waals surface area (Å²) in [4.78, 5) is 17.7. The van der Waals surface area contributed by atoms with Crippen molar-refractivity contribution >= 4 is 21.6 Å². The minimum Gasteiger partial charge on any atom is -0.305 e. The second kappa shape index (κ2) is 7.87. The lowest BCUT2D eigenvalue weighted by Gasteiger charge is -2.18. The average molecular weight is 417 g/mol. The van der Waals surface area contributed by atoms with Crippen molar-refractivity contribution in [3.8, 4) is 0 Å². The van der Waals surface area contributed by atoms with Gasteiger partial charge in [0.25, 0.3) is 0 Å². The van der Waals surface area contributed by atoms with E-state index in [0.29, 0.717) is 12.5 Å². The molecule has 2 aromatic heterocycles. The van der Waals surface area contributed by atoms with Gasteiger partial charge in [-0.3, -0.25) is 9.67 Å². The second-order valence-electron chi connectivity index (χ2n) is 7.75. The summed E-state index contributed by atoms with van der Waals surface area (Å²) in [5.74, 6) is 0.438. The van der Waals surface area contributed by atoms with E-state index in [1.54, 1.807) is 16.9 Å². The number of urea groups is 1. The van der Waals surface area contributed by atoms with E-state index < -0.39 is 15.9 Å². The minimum atomic E-state index is -3.41. The molecule has 0 radical (unpaired) electrons. The summed E-state index contributed by atoms with van der Waals surface area (Å²) < 4.78 is 18.2. The van der Waals surface area contributed by atoms with E-state index >= 15 is 0 Å². The molecule has 2 aliphatic carbocycles. The first-order chi connectivity index (χ1) is 13.9. The molecule has 4 rings (SSSR count). The van der Waals surface area contributed by atoms with E-state index in [1.807, 2.05) is 6.92 Å². The third-order valence-corrected chi connectivity index (χ3v) is 6.76. The maximum absolute atomic E-state index is 12.8. The van der Waals surface area contributed by atoms with Crippen LogP contribution in [-0.4, -0.2) is 25.0 Å². The van der Waals surface area contributed by atoms with E-state index in [4.69, 9.17) is 10.1 Å². The topological polar surface area (TPSA) is 115 Å². The Hall–Kier alpha value is -2.26. The van der Waals surface area contributed by atoms with Gasteiger partial charge in [-0.1, -0.05) is 13.3 Å². The standard InChI is InChI=1S/C20H28N6O2S/c1-3-6-16-18(13-9-10-13)19(14-7-5-8-15(14)22-16)23-20(27)25-29(21,28)17-11-12-26(4-2)24-17/h11-13H,3-10H2,1-2H3,(H3,21,22,23,25,27,28). The van der Waals surface area contributed by atoms with Gasteiger partial charge in [-0.15, -0.1) is 4.36 Å². The molecule has 0 aliphatic heterocycles. The summed E-state index contributed by atoms with van der Waals surface area (Å²) in [6, 6.07) is 0.857. The third kappa shape index (κ3) is 4.06. The van der Waals surface area contributed by atoms with Crippen LogP contribution in [0.4, 0.5) is 10.5 Å². The molecule has 2 heterocycles. The minimum absolute atomic E-state index is 0.114. The first-order valence-corrected chi connectivity index (χ1v) is 11.9. The number of nitrogens with two attached hydrogens (primary N) is 1. The molecule has 0 spiro atoms. The number of hydrogen-bond donors (Lipinski definition) is 2. The molecular weight excluding hydrogens is 388 g/mol. The first kappa shape index (κ1) is 20.0. The van der Waals surface area contributed by atoms with E-state index in [0.717, 1.165) is 73.1 Å². The summed E-state index contributed by atoms with van der Waals surface area (Å²) >= 11 is 0. The van der Waals surface area contributed by atoms with Crippen LogP contribution in [0.3, 0.4) is 0 Å². The van der Waals surface area contributed by atoms with Gasteiger partial charge in [0.1, 0.15) is 0 Å². The van der Waals surface area contributed by atoms with Gasteiger partial charge in [0, 0.05) is 29.7 Å². The van der Waals surface area contributed by atoms with Crippen LogP contribution in [-0.2, 0) is 35.7 Å². The molecule has 1 saturated carbocycles. The van der Waals surface area contributed by atoms with Crippen molar-refractivity contribution in [2.75, 3.05) is 5.32 Å². The summed E-state index contributed by atoms with van der Waals surface area (Å²) in [5.41, 5.74) is 5.25. The van der Waals surface area contributed by atoms with Crippen LogP contribution in [0.25, 0.3) is 0 Å². The molecule has 1 unspecified atom stereocenters. The Morgan fingerprint density at radius 3 is 2.83 bits per heavy atom. The fourth-order valence-electron chi connectivity index (χ4n) is 4.01. The van der Waals surface area contributed by atoms with Crippen molar-refractivity contribution in [1.29, 1.82) is 0 Å². The van der Waals surface area contributed by atoms with Crippen LogP contribution < -0.4 is 10.5 Å². The molecule has 3 N–H and O–H groups in total. The number of carbonyl (C=O) groups excluding carboxylic acids is 1. The number of anilines is 1. The first-order valence-electron chi connectivity index (χ1n) is 10.4. The molecule has 9 heteroatoms. The second-order valence-corrected chi connectivity index (χ2v) is 9.49. The van der Waals surface area contributed by atoms with Gasteiger partial charge in [-0.25, -0.2) is 14.1 Å². The number of aromatic nitrogens is 3. The maximum atomic E-state index is 12.8.